The van der Waals surface area contributed by atoms with Crippen LogP contribution in [0.3, 0.4) is 0 Å². The third-order valence-corrected chi connectivity index (χ3v) is 2.45. The van der Waals surface area contributed by atoms with E-state index in [0.29, 0.717) is 12.6 Å². The summed E-state index contributed by atoms with van der Waals surface area (Å²) in [5.74, 6) is 2.76. The lowest BCUT2D eigenvalue weighted by Crippen LogP contribution is -2.31. The maximum absolute atomic E-state index is 6.77. The van der Waals surface area contributed by atoms with Crippen LogP contribution in [0.2, 0.25) is 0 Å². The monoisotopic (exact) mass is 188 g/mol. The number of benzene rings is 1. The molecular formula is C13H17N. The van der Waals surface area contributed by atoms with Gasteiger partial charge in [-0.05, 0) is 26.0 Å². The van der Waals surface area contributed by atoms with Crippen LogP contribution >= 0.6 is 0 Å². The fraction of sp³-hybridized carbons (Fsp3) is 0.385. The lowest BCUT2D eigenvalue weighted by molar-refractivity contribution is 0.287. The van der Waals surface area contributed by atoms with Gasteiger partial charge >= 0.3 is 0 Å². The van der Waals surface area contributed by atoms with Gasteiger partial charge in [0, 0.05) is 6.04 Å². The van der Waals surface area contributed by atoms with Gasteiger partial charge in [0.15, 0.2) is 0 Å². The van der Waals surface area contributed by atoms with E-state index in [1.54, 1.807) is 0 Å². The highest BCUT2D eigenvalue weighted by Gasteiger charge is 2.07. The molecule has 0 bridgehead atoms. The Kier molecular flexibility index (Phi) is 3.63. The molecule has 0 aliphatic heterocycles. The van der Waals surface area contributed by atoms with Crippen LogP contribution in [0.25, 0.3) is 0 Å². The van der Waals surface area contributed by atoms with Gasteiger partial charge in [0.25, 0.3) is 0 Å². The molecule has 0 spiro atoms. The molecule has 0 heterocycles. The highest BCUT2D eigenvalue weighted by Crippen LogP contribution is 2.06. The molecule has 0 saturated carbocycles. The maximum Gasteiger partial charge on any atom is 0.124 e. The minimum absolute atomic E-state index is 0.452. The Morgan fingerprint density at radius 1 is 1.50 bits per heavy atom. The number of hydrogen-bond donors (Lipinski definition) is 0. The Morgan fingerprint density at radius 3 is 2.86 bits per heavy atom. The topological polar surface area (TPSA) is 3.24 Å². The predicted octanol–water partition coefficient (Wildman–Crippen LogP) is 2.18. The molecule has 1 aromatic rings. The second-order valence-corrected chi connectivity index (χ2v) is 3.63. The number of likely N-dealkylation sites (N-methyl/N-ethyl adjacent to an activating group) is 1. The Hall–Kier alpha value is -1.26. The van der Waals surface area contributed by atoms with Crippen molar-refractivity contribution in [2.45, 2.75) is 19.4 Å². The zero-order chi connectivity index (χ0) is 11.1. The molecule has 0 aliphatic carbocycles. The molecule has 0 fully saturated rings. The summed E-state index contributed by atoms with van der Waals surface area (Å²) >= 11 is 0. The molecule has 0 aliphatic rings. The Morgan fingerprint density at radius 2 is 2.21 bits per heavy atom. The minimum atomic E-state index is 0.452. The fourth-order valence-corrected chi connectivity index (χ4v) is 1.39. The quantitative estimate of drug-likeness (QED) is 0.655. The summed E-state index contributed by atoms with van der Waals surface area (Å²) in [6, 6.07) is 10.9. The van der Waals surface area contributed by atoms with E-state index in [1.165, 1.54) is 5.56 Å². The normalized spacial score (nSPS) is 12.9. The Bertz CT molecular complexity index is 337. The molecule has 0 aromatic heterocycles. The van der Waals surface area contributed by atoms with E-state index in [2.05, 4.69) is 48.4 Å². The van der Waals surface area contributed by atoms with Gasteiger partial charge < -0.3 is 0 Å². The van der Waals surface area contributed by atoms with Crippen LogP contribution in [-0.4, -0.2) is 24.5 Å². The highest BCUT2D eigenvalue weighted by atomic mass is 15.1. The van der Waals surface area contributed by atoms with E-state index in [1.807, 2.05) is 13.1 Å². The van der Waals surface area contributed by atoms with E-state index in [0.717, 1.165) is 6.42 Å². The standard InChI is InChI=1S/C13H17N/c1-4-10-14(3)12(2)11-13-8-6-5-7-9-13/h1,5-9,12H,10-11H2,2-3H3/t12-/m1/s1/i1D. The smallest absolute Gasteiger partial charge is 0.124 e. The van der Waals surface area contributed by atoms with Crippen LogP contribution in [0.1, 0.15) is 13.9 Å². The average molecular weight is 188 g/mol. The zero-order valence-corrected chi connectivity index (χ0v) is 8.83. The summed E-state index contributed by atoms with van der Waals surface area (Å²) in [6.07, 6.45) is 3.20. The van der Waals surface area contributed by atoms with E-state index >= 15 is 0 Å². The van der Waals surface area contributed by atoms with Crippen molar-refractivity contribution < 1.29 is 1.37 Å². The first-order valence-electron chi connectivity index (χ1n) is 5.38. The molecule has 74 valence electrons. The zero-order valence-electron chi connectivity index (χ0n) is 9.83. The highest BCUT2D eigenvalue weighted by molar-refractivity contribution is 5.15. The lowest BCUT2D eigenvalue weighted by Gasteiger charge is -2.22. The van der Waals surface area contributed by atoms with Gasteiger partial charge in [-0.3, -0.25) is 4.90 Å². The molecule has 1 atom stereocenters. The van der Waals surface area contributed by atoms with Crippen LogP contribution in [-0.2, 0) is 6.42 Å². The Balaban J connectivity index is 2.47. The predicted molar refractivity (Wildman–Crippen MR) is 61.1 cm³/mol. The molecule has 1 rings (SSSR count). The lowest BCUT2D eigenvalue weighted by atomic mass is 10.1. The van der Waals surface area contributed by atoms with Crippen LogP contribution in [0, 0.1) is 12.3 Å². The van der Waals surface area contributed by atoms with Crippen LogP contribution in [0.5, 0.6) is 0 Å². The van der Waals surface area contributed by atoms with Crippen LogP contribution in [0.4, 0.5) is 0 Å². The molecule has 14 heavy (non-hydrogen) atoms. The third kappa shape index (κ3) is 3.24. The molecule has 0 saturated heterocycles. The summed E-state index contributed by atoms with van der Waals surface area (Å²) in [5.41, 5.74) is 1.34. The van der Waals surface area contributed by atoms with Gasteiger partial charge in [-0.1, -0.05) is 36.3 Å². The van der Waals surface area contributed by atoms with Crippen molar-refractivity contribution in [3.63, 3.8) is 0 Å². The minimum Gasteiger partial charge on any atom is -0.292 e. The van der Waals surface area contributed by atoms with Gasteiger partial charge in [-0.25, -0.2) is 0 Å². The number of terminal acetylenes is 1. The molecular weight excluding hydrogens is 170 g/mol. The van der Waals surface area contributed by atoms with Gasteiger partial charge in [0.05, 0.1) is 6.54 Å². The number of rotatable bonds is 4. The maximum atomic E-state index is 6.77. The van der Waals surface area contributed by atoms with Crippen molar-refractivity contribution >= 4 is 0 Å². The largest absolute Gasteiger partial charge is 0.292 e. The van der Waals surface area contributed by atoms with Gasteiger partial charge in [0.2, 0.25) is 0 Å². The number of nitrogens with zero attached hydrogens (tertiary/aromatic N) is 1. The summed E-state index contributed by atoms with van der Waals surface area (Å²) < 4.78 is 6.77. The second kappa shape index (κ2) is 5.47. The van der Waals surface area contributed by atoms with Crippen molar-refractivity contribution in [1.29, 1.82) is 0 Å². The Labute approximate surface area is 88.2 Å². The summed E-state index contributed by atoms with van der Waals surface area (Å²) in [4.78, 5) is 2.16. The third-order valence-electron chi connectivity index (χ3n) is 2.45. The van der Waals surface area contributed by atoms with Gasteiger partial charge in [-0.2, -0.15) is 0 Å². The molecule has 0 amide bonds. The summed E-state index contributed by atoms with van der Waals surface area (Å²) in [7, 11) is 2.04. The first kappa shape index (κ1) is 9.30. The molecule has 1 heteroatoms. The summed E-state index contributed by atoms with van der Waals surface area (Å²) in [5, 5.41) is 0. The van der Waals surface area contributed by atoms with Gasteiger partial charge in [0.1, 0.15) is 1.37 Å². The average Bonchev–Trinajstić information content (AvgIpc) is 2.27. The van der Waals surface area contributed by atoms with E-state index in [9.17, 15) is 0 Å². The fourth-order valence-electron chi connectivity index (χ4n) is 1.39. The van der Waals surface area contributed by atoms with E-state index in [-0.39, 0.29) is 0 Å². The molecule has 1 aromatic carbocycles. The molecule has 0 radical (unpaired) electrons. The molecule has 0 unspecified atom stereocenters. The SMILES string of the molecule is [2H]C#CCN(C)[C@H](C)Cc1ccccc1. The first-order chi connectivity index (χ1) is 7.24. The van der Waals surface area contributed by atoms with Crippen molar-refractivity contribution in [3.8, 4) is 12.3 Å². The van der Waals surface area contributed by atoms with Crippen molar-refractivity contribution in [1.82, 2.24) is 4.90 Å². The van der Waals surface area contributed by atoms with Crippen LogP contribution in [0.15, 0.2) is 30.3 Å². The van der Waals surface area contributed by atoms with Gasteiger partial charge in [-0.15, -0.1) is 6.40 Å². The summed E-state index contributed by atoms with van der Waals surface area (Å²) in [6.45, 7) is 2.84. The van der Waals surface area contributed by atoms with E-state index < -0.39 is 0 Å². The van der Waals surface area contributed by atoms with Crippen LogP contribution < -0.4 is 0 Å². The second-order valence-electron chi connectivity index (χ2n) is 3.63. The molecule has 0 N–H and O–H groups in total. The van der Waals surface area contributed by atoms with E-state index in [4.69, 9.17) is 1.37 Å². The van der Waals surface area contributed by atoms with Crippen molar-refractivity contribution in [3.05, 3.63) is 35.9 Å². The molecule has 1 nitrogen and oxygen atoms in total. The number of hydrogen-bond acceptors (Lipinski definition) is 1. The van der Waals surface area contributed by atoms with Crippen molar-refractivity contribution in [2.75, 3.05) is 13.6 Å². The van der Waals surface area contributed by atoms with Crippen molar-refractivity contribution in [2.24, 2.45) is 0 Å². The first-order valence-corrected chi connectivity index (χ1v) is 4.88.